The fraction of sp³-hybridized carbons (Fsp3) is 0.500. The Morgan fingerprint density at radius 2 is 1.79 bits per heavy atom. The maximum absolute atomic E-state index is 11.0. The zero-order valence-corrected chi connectivity index (χ0v) is 9.14. The van der Waals surface area contributed by atoms with Crippen LogP contribution in [0.2, 0.25) is 0 Å². The van der Waals surface area contributed by atoms with Crippen molar-refractivity contribution < 1.29 is 22.5 Å². The predicted molar refractivity (Wildman–Crippen MR) is 50.1 cm³/mol. The average molecular weight is 220 g/mol. The van der Waals surface area contributed by atoms with Crippen molar-refractivity contribution in [3.05, 3.63) is 0 Å². The van der Waals surface area contributed by atoms with E-state index in [4.69, 9.17) is 23.1 Å². The Balaban J connectivity index is 4.36. The second-order valence-corrected chi connectivity index (χ2v) is 4.37. The summed E-state index contributed by atoms with van der Waals surface area (Å²) in [5.74, 6) is -0.786. The Labute approximate surface area is 82.6 Å². The van der Waals surface area contributed by atoms with Gasteiger partial charge in [-0.05, 0) is 0 Å². The fourth-order valence-electron chi connectivity index (χ4n) is 0.623. The van der Waals surface area contributed by atoms with Gasteiger partial charge in [-0.1, -0.05) is 0 Å². The molecule has 0 rings (SSSR count). The molecule has 0 aliphatic heterocycles. The minimum atomic E-state index is -3.35. The lowest BCUT2D eigenvalue weighted by Crippen LogP contribution is -2.48. The first kappa shape index (κ1) is 12.9. The minimum absolute atomic E-state index is 0.705. The van der Waals surface area contributed by atoms with Crippen LogP contribution in [0.3, 0.4) is 0 Å². The number of carbonyl (C=O) groups is 1. The Morgan fingerprint density at radius 3 is 2.14 bits per heavy atom. The van der Waals surface area contributed by atoms with Gasteiger partial charge in [0.25, 0.3) is 0 Å². The maximum Gasteiger partial charge on any atom is 0.751 e. The molecule has 0 atom stereocenters. The summed E-state index contributed by atoms with van der Waals surface area (Å²) in [5, 5.41) is 6.55. The van der Waals surface area contributed by atoms with Gasteiger partial charge >= 0.3 is 15.0 Å². The summed E-state index contributed by atoms with van der Waals surface area (Å²) in [6.45, 7) is 0. The van der Waals surface area contributed by atoms with Gasteiger partial charge in [-0.15, -0.1) is 0 Å². The minimum Gasteiger partial charge on any atom is -0.447 e. The molecule has 80 valence electrons. The molecule has 0 amide bonds. The van der Waals surface area contributed by atoms with E-state index in [-0.39, 0.29) is 0 Å². The largest absolute Gasteiger partial charge is 0.751 e. The highest BCUT2D eigenvalue weighted by Gasteiger charge is 2.46. The van der Waals surface area contributed by atoms with Gasteiger partial charge in [-0.2, -0.15) is 0 Å². The zero-order chi connectivity index (χ0) is 11.0. The fourth-order valence-corrected chi connectivity index (χ4v) is 1.67. The molecule has 0 aliphatic rings. The molecule has 0 saturated heterocycles. The van der Waals surface area contributed by atoms with Gasteiger partial charge in [0.1, 0.15) is 12.6 Å². The third-order valence-corrected chi connectivity index (χ3v) is 3.18. The molecule has 1 N–H and O–H groups in total. The van der Waals surface area contributed by atoms with E-state index in [1.165, 1.54) is 21.3 Å². The smallest absolute Gasteiger partial charge is 0.447 e. The highest BCUT2D eigenvalue weighted by molar-refractivity contribution is 6.57. The highest BCUT2D eigenvalue weighted by atomic mass is 28.4. The number of nitrogens with zero attached hydrogens (tertiary/aromatic N) is 1. The van der Waals surface area contributed by atoms with Crippen LogP contribution < -0.4 is 0 Å². The van der Waals surface area contributed by atoms with Crippen molar-refractivity contribution in [1.82, 2.24) is 0 Å². The molecule has 0 aromatic heterocycles. The maximum atomic E-state index is 11.0. The van der Waals surface area contributed by atoms with Crippen LogP contribution in [0.15, 0.2) is 4.99 Å². The molecule has 0 heterocycles. The first-order valence-electron chi connectivity index (χ1n) is 3.54. The van der Waals surface area contributed by atoms with E-state index in [9.17, 15) is 4.79 Å². The second-order valence-electron chi connectivity index (χ2n) is 1.94. The van der Waals surface area contributed by atoms with Crippen LogP contribution in [0.5, 0.6) is 0 Å². The third-order valence-electron chi connectivity index (χ3n) is 1.23. The quantitative estimate of drug-likeness (QED) is 0.373. The van der Waals surface area contributed by atoms with Crippen LogP contribution >= 0.6 is 0 Å². The number of aliphatic imine (C=N–C) groups is 1. The van der Waals surface area contributed by atoms with E-state index in [0.717, 1.165) is 6.21 Å². The van der Waals surface area contributed by atoms with E-state index in [1.807, 2.05) is 0 Å². The van der Waals surface area contributed by atoms with Gasteiger partial charge in [0, 0.05) is 21.3 Å². The molecule has 0 radical (unpaired) electrons. The summed E-state index contributed by atoms with van der Waals surface area (Å²) in [6.07, 6.45) is 1.53. The van der Waals surface area contributed by atoms with Gasteiger partial charge in [0.05, 0.1) is 0 Å². The number of rotatable bonds is 6. The van der Waals surface area contributed by atoms with E-state index in [0.29, 0.717) is 6.34 Å². The summed E-state index contributed by atoms with van der Waals surface area (Å²) in [6, 6.07) is 0. The Bertz CT molecular complexity index is 220. The van der Waals surface area contributed by atoms with Crippen molar-refractivity contribution in [2.75, 3.05) is 21.3 Å². The summed E-state index contributed by atoms with van der Waals surface area (Å²) in [7, 11) is 0.571. The normalized spacial score (nSPS) is 11.6. The van der Waals surface area contributed by atoms with E-state index >= 15 is 0 Å². The number of hydrogen-bond donors (Lipinski definition) is 1. The molecule has 0 spiro atoms. The van der Waals surface area contributed by atoms with E-state index in [2.05, 4.69) is 4.99 Å². The second kappa shape index (κ2) is 6.37. The van der Waals surface area contributed by atoms with Gasteiger partial charge < -0.3 is 17.7 Å². The van der Waals surface area contributed by atoms with Crippen LogP contribution in [-0.4, -0.2) is 48.9 Å². The molecular formula is C6H12N2O5Si. The molecule has 8 heteroatoms. The van der Waals surface area contributed by atoms with Gasteiger partial charge in [0.15, 0.2) is 0 Å². The van der Waals surface area contributed by atoms with Crippen molar-refractivity contribution in [3.63, 3.8) is 0 Å². The lowest BCUT2D eigenvalue weighted by Gasteiger charge is -2.20. The third kappa shape index (κ3) is 3.74. The first-order chi connectivity index (χ1) is 6.64. The van der Waals surface area contributed by atoms with E-state index < -0.39 is 15.0 Å². The molecule has 0 aliphatic carbocycles. The molecule has 14 heavy (non-hydrogen) atoms. The lowest BCUT2D eigenvalue weighted by molar-refractivity contribution is -0.134. The summed E-state index contributed by atoms with van der Waals surface area (Å²) in [5.41, 5.74) is 0. The lowest BCUT2D eigenvalue weighted by atomic mass is 10.8. The first-order valence-corrected chi connectivity index (χ1v) is 5.18. The molecule has 0 unspecified atom stereocenters. The average Bonchev–Trinajstić information content (AvgIpc) is 2.23. The summed E-state index contributed by atoms with van der Waals surface area (Å²) < 4.78 is 19.2. The Hall–Kier alpha value is -1.09. The van der Waals surface area contributed by atoms with Crippen molar-refractivity contribution in [2.24, 2.45) is 4.99 Å². The molecule has 7 nitrogen and oxygen atoms in total. The van der Waals surface area contributed by atoms with Crippen molar-refractivity contribution in [1.29, 1.82) is 5.41 Å². The van der Waals surface area contributed by atoms with Gasteiger partial charge in [-0.3, -0.25) is 5.41 Å². The predicted octanol–water partition coefficient (Wildman–Crippen LogP) is -0.418. The van der Waals surface area contributed by atoms with E-state index in [1.54, 1.807) is 0 Å². The Kier molecular flexibility index (Phi) is 5.88. The van der Waals surface area contributed by atoms with Crippen LogP contribution in [0, 0.1) is 5.41 Å². The zero-order valence-electron chi connectivity index (χ0n) is 8.14. The topological polar surface area (TPSA) is 90.2 Å². The number of hydrogen-bond acceptors (Lipinski definition) is 6. The van der Waals surface area contributed by atoms with Crippen LogP contribution in [0.1, 0.15) is 0 Å². The summed E-state index contributed by atoms with van der Waals surface area (Å²) in [4.78, 5) is 14.3. The van der Waals surface area contributed by atoms with Crippen LogP contribution in [-0.2, 0) is 22.5 Å². The molecule has 0 aromatic rings. The summed E-state index contributed by atoms with van der Waals surface area (Å²) >= 11 is 0. The monoisotopic (exact) mass is 220 g/mol. The molecular weight excluding hydrogens is 208 g/mol. The van der Waals surface area contributed by atoms with Crippen molar-refractivity contribution >= 4 is 27.6 Å². The van der Waals surface area contributed by atoms with Gasteiger partial charge in [0.2, 0.25) is 0 Å². The number of nitrogens with one attached hydrogen (secondary N) is 1. The number of carbonyl (C=O) groups excluding carboxylic acids is 1. The molecule has 0 fully saturated rings. The van der Waals surface area contributed by atoms with Crippen molar-refractivity contribution in [2.45, 2.75) is 0 Å². The molecule has 0 saturated carbocycles. The molecule has 0 bridgehead atoms. The standard InChI is InChI=1S/C6H12N2O5Si/c1-10-14(11-2,12-3)13-6(9)4-8-5-7/h4-5,7H,1-3H3. The van der Waals surface area contributed by atoms with Crippen LogP contribution in [0.25, 0.3) is 0 Å². The SMILES string of the molecule is CO[Si](OC)(OC)OC(=O)C=NC=N. The van der Waals surface area contributed by atoms with Crippen LogP contribution in [0.4, 0.5) is 0 Å². The molecule has 0 aromatic carbocycles. The van der Waals surface area contributed by atoms with Crippen molar-refractivity contribution in [3.8, 4) is 0 Å². The Morgan fingerprint density at radius 1 is 1.29 bits per heavy atom. The highest BCUT2D eigenvalue weighted by Crippen LogP contribution is 2.07. The van der Waals surface area contributed by atoms with Gasteiger partial charge in [-0.25, -0.2) is 9.79 Å².